The third kappa shape index (κ3) is 3.91. The number of aliphatic hydroxyl groups excluding tert-OH is 1. The first-order valence-corrected chi connectivity index (χ1v) is 8.11. The highest BCUT2D eigenvalue weighted by Gasteiger charge is 2.20. The van der Waals surface area contributed by atoms with Crippen LogP contribution < -0.4 is 9.47 Å². The molecule has 0 amide bonds. The monoisotopic (exact) mass is 307 g/mol. The molecule has 1 fully saturated rings. The Balaban J connectivity index is 1.40. The molecule has 0 saturated carbocycles. The molecule has 5 heteroatoms. The third-order valence-electron chi connectivity index (χ3n) is 4.40. The predicted octanol–water partition coefficient (Wildman–Crippen LogP) is 2.17. The number of β-amino-alcohol motifs (C(OH)–C–C–N with tert-alkyl or cyclic N) is 1. The van der Waals surface area contributed by atoms with Crippen molar-refractivity contribution in [2.45, 2.75) is 44.9 Å². The van der Waals surface area contributed by atoms with Gasteiger partial charge < -0.3 is 19.3 Å². The second-order valence-electron chi connectivity index (χ2n) is 6.20. The maximum atomic E-state index is 10.1. The molecule has 122 valence electrons. The summed E-state index contributed by atoms with van der Waals surface area (Å²) in [6.45, 7) is 5.13. The molecule has 2 aliphatic heterocycles. The quantitative estimate of drug-likeness (QED) is 0.873. The number of ether oxygens (including phenoxy) is 3. The van der Waals surface area contributed by atoms with Gasteiger partial charge in [-0.1, -0.05) is 12.5 Å². The first kappa shape index (κ1) is 15.6. The molecule has 2 aliphatic rings. The van der Waals surface area contributed by atoms with Gasteiger partial charge in [-0.2, -0.15) is 0 Å². The number of likely N-dealkylation sites (tertiary alicyclic amines) is 1. The van der Waals surface area contributed by atoms with Crippen LogP contribution in [0.25, 0.3) is 0 Å². The first-order valence-electron chi connectivity index (χ1n) is 8.11. The van der Waals surface area contributed by atoms with Gasteiger partial charge in [0.15, 0.2) is 11.5 Å². The van der Waals surface area contributed by atoms with Gasteiger partial charge in [0.2, 0.25) is 6.79 Å². The van der Waals surface area contributed by atoms with Gasteiger partial charge in [-0.25, -0.2) is 0 Å². The predicted molar refractivity (Wildman–Crippen MR) is 83.1 cm³/mol. The van der Waals surface area contributed by atoms with Crippen molar-refractivity contribution in [3.8, 4) is 11.5 Å². The summed E-state index contributed by atoms with van der Waals surface area (Å²) in [5.74, 6) is 1.55. The van der Waals surface area contributed by atoms with Crippen LogP contribution in [-0.4, -0.2) is 48.6 Å². The van der Waals surface area contributed by atoms with E-state index in [1.165, 1.54) is 19.3 Å². The number of benzene rings is 1. The fourth-order valence-electron chi connectivity index (χ4n) is 3.10. The zero-order chi connectivity index (χ0) is 15.4. The van der Waals surface area contributed by atoms with Crippen molar-refractivity contribution in [1.29, 1.82) is 0 Å². The summed E-state index contributed by atoms with van der Waals surface area (Å²) in [7, 11) is 0. The van der Waals surface area contributed by atoms with Gasteiger partial charge >= 0.3 is 0 Å². The number of fused-ring (bicyclic) bond motifs is 1. The topological polar surface area (TPSA) is 51.2 Å². The van der Waals surface area contributed by atoms with Crippen molar-refractivity contribution in [3.63, 3.8) is 0 Å². The van der Waals surface area contributed by atoms with E-state index in [2.05, 4.69) is 11.8 Å². The van der Waals surface area contributed by atoms with E-state index in [4.69, 9.17) is 14.2 Å². The lowest BCUT2D eigenvalue weighted by molar-refractivity contribution is -0.00141. The summed E-state index contributed by atoms with van der Waals surface area (Å²) in [4.78, 5) is 2.36. The second-order valence-corrected chi connectivity index (χ2v) is 6.20. The summed E-state index contributed by atoms with van der Waals surface area (Å²) in [6.07, 6.45) is 3.32. The number of aliphatic hydroxyl groups is 1. The Morgan fingerprint density at radius 3 is 3.05 bits per heavy atom. The van der Waals surface area contributed by atoms with Gasteiger partial charge in [0.05, 0.1) is 19.3 Å². The Kier molecular flexibility index (Phi) is 5.18. The van der Waals surface area contributed by atoms with Crippen molar-refractivity contribution in [2.24, 2.45) is 0 Å². The van der Waals surface area contributed by atoms with Gasteiger partial charge in [0.1, 0.15) is 0 Å². The van der Waals surface area contributed by atoms with Gasteiger partial charge in [-0.3, -0.25) is 4.90 Å². The van der Waals surface area contributed by atoms with E-state index >= 15 is 0 Å². The van der Waals surface area contributed by atoms with E-state index in [1.54, 1.807) is 0 Å². The molecule has 0 aliphatic carbocycles. The molecular formula is C17H25NO4. The summed E-state index contributed by atoms with van der Waals surface area (Å²) in [5, 5.41) is 10.1. The van der Waals surface area contributed by atoms with Crippen molar-refractivity contribution >= 4 is 0 Å². The number of hydrogen-bond acceptors (Lipinski definition) is 5. The second kappa shape index (κ2) is 7.31. The highest BCUT2D eigenvalue weighted by molar-refractivity contribution is 5.44. The largest absolute Gasteiger partial charge is 0.454 e. The van der Waals surface area contributed by atoms with Crippen molar-refractivity contribution in [1.82, 2.24) is 4.90 Å². The van der Waals surface area contributed by atoms with Crippen LogP contribution in [0.15, 0.2) is 18.2 Å². The fraction of sp³-hybridized carbons (Fsp3) is 0.647. The van der Waals surface area contributed by atoms with E-state index in [1.807, 2.05) is 18.2 Å². The molecule has 1 N–H and O–H groups in total. The van der Waals surface area contributed by atoms with Gasteiger partial charge in [0.25, 0.3) is 0 Å². The fourth-order valence-corrected chi connectivity index (χ4v) is 3.10. The first-order chi connectivity index (χ1) is 10.7. The lowest BCUT2D eigenvalue weighted by Crippen LogP contribution is -2.43. The molecule has 0 radical (unpaired) electrons. The number of rotatable bonds is 6. The summed E-state index contributed by atoms with van der Waals surface area (Å²) in [5.41, 5.74) is 1.03. The van der Waals surface area contributed by atoms with Crippen molar-refractivity contribution < 1.29 is 19.3 Å². The minimum Gasteiger partial charge on any atom is -0.454 e. The van der Waals surface area contributed by atoms with Crippen LogP contribution in [0.5, 0.6) is 11.5 Å². The minimum absolute atomic E-state index is 0.284. The molecule has 0 bridgehead atoms. The van der Waals surface area contributed by atoms with E-state index in [-0.39, 0.29) is 6.79 Å². The van der Waals surface area contributed by atoms with E-state index in [0.717, 1.165) is 23.6 Å². The molecule has 2 heterocycles. The average Bonchev–Trinajstić information content (AvgIpc) is 2.97. The molecule has 0 aromatic heterocycles. The molecule has 0 spiro atoms. The average molecular weight is 307 g/mol. The van der Waals surface area contributed by atoms with E-state index in [9.17, 15) is 5.11 Å². The molecule has 22 heavy (non-hydrogen) atoms. The Morgan fingerprint density at radius 2 is 2.18 bits per heavy atom. The molecule has 5 nitrogen and oxygen atoms in total. The molecule has 1 aromatic rings. The highest BCUT2D eigenvalue weighted by Crippen LogP contribution is 2.32. The Labute approximate surface area is 131 Å². The van der Waals surface area contributed by atoms with Crippen LogP contribution in [0.1, 0.15) is 31.7 Å². The Bertz CT molecular complexity index is 494. The lowest BCUT2D eigenvalue weighted by Gasteiger charge is -2.34. The van der Waals surface area contributed by atoms with Crippen LogP contribution in [0.4, 0.5) is 0 Å². The van der Waals surface area contributed by atoms with Gasteiger partial charge in [-0.05, 0) is 44.0 Å². The maximum absolute atomic E-state index is 10.1. The van der Waals surface area contributed by atoms with Gasteiger partial charge in [-0.15, -0.1) is 0 Å². The zero-order valence-corrected chi connectivity index (χ0v) is 13.2. The van der Waals surface area contributed by atoms with Gasteiger partial charge in [0, 0.05) is 12.6 Å². The van der Waals surface area contributed by atoms with Crippen LogP contribution in [0.2, 0.25) is 0 Å². The molecule has 0 unspecified atom stereocenters. The lowest BCUT2D eigenvalue weighted by atomic mass is 10.0. The molecule has 2 atom stereocenters. The van der Waals surface area contributed by atoms with E-state index in [0.29, 0.717) is 25.8 Å². The smallest absolute Gasteiger partial charge is 0.231 e. The standard InChI is InChI=1S/C17H25NO4/c1-13-4-2-3-7-18(13)9-15(19)11-20-10-14-5-6-16-17(8-14)22-12-21-16/h5-6,8,13,15,19H,2-4,7,9-12H2,1H3/t13-,15-/m1/s1. The minimum atomic E-state index is -0.436. The number of nitrogens with zero attached hydrogens (tertiary/aromatic N) is 1. The molecule has 1 aromatic carbocycles. The Hall–Kier alpha value is -1.30. The highest BCUT2D eigenvalue weighted by atomic mass is 16.7. The molecule has 3 rings (SSSR count). The summed E-state index contributed by atoms with van der Waals surface area (Å²) >= 11 is 0. The molecular weight excluding hydrogens is 282 g/mol. The van der Waals surface area contributed by atoms with Crippen LogP contribution in [0, 0.1) is 0 Å². The van der Waals surface area contributed by atoms with Crippen molar-refractivity contribution in [3.05, 3.63) is 23.8 Å². The third-order valence-corrected chi connectivity index (χ3v) is 4.40. The number of hydrogen-bond donors (Lipinski definition) is 1. The van der Waals surface area contributed by atoms with Crippen LogP contribution >= 0.6 is 0 Å². The normalized spacial score (nSPS) is 22.7. The summed E-state index contributed by atoms with van der Waals surface area (Å²) < 4.78 is 16.3. The zero-order valence-electron chi connectivity index (χ0n) is 13.2. The van der Waals surface area contributed by atoms with Crippen molar-refractivity contribution in [2.75, 3.05) is 26.5 Å². The maximum Gasteiger partial charge on any atom is 0.231 e. The van der Waals surface area contributed by atoms with E-state index < -0.39 is 6.10 Å². The number of piperidine rings is 1. The summed E-state index contributed by atoms with van der Waals surface area (Å²) in [6, 6.07) is 6.36. The molecule has 1 saturated heterocycles. The SMILES string of the molecule is C[C@@H]1CCCCN1C[C@@H](O)COCc1ccc2c(c1)OCO2. The van der Waals surface area contributed by atoms with Crippen LogP contribution in [0.3, 0.4) is 0 Å². The van der Waals surface area contributed by atoms with Crippen LogP contribution in [-0.2, 0) is 11.3 Å². The Morgan fingerprint density at radius 1 is 1.32 bits per heavy atom.